The van der Waals surface area contributed by atoms with Crippen LogP contribution >= 0.6 is 0 Å². The van der Waals surface area contributed by atoms with Gasteiger partial charge in [0.15, 0.2) is 0 Å². The fourth-order valence-electron chi connectivity index (χ4n) is 2.03. The van der Waals surface area contributed by atoms with Gasteiger partial charge in [-0.1, -0.05) is 13.3 Å². The Morgan fingerprint density at radius 3 is 2.79 bits per heavy atom. The average molecular weight is 196 g/mol. The van der Waals surface area contributed by atoms with Crippen LogP contribution in [0.4, 0.5) is 0 Å². The molecule has 0 radical (unpaired) electrons. The van der Waals surface area contributed by atoms with Crippen molar-refractivity contribution < 1.29 is 9.59 Å². The highest BCUT2D eigenvalue weighted by Gasteiger charge is 2.24. The molecule has 0 aromatic carbocycles. The fourth-order valence-corrected chi connectivity index (χ4v) is 2.03. The summed E-state index contributed by atoms with van der Waals surface area (Å²) in [7, 11) is 0. The lowest BCUT2D eigenvalue weighted by molar-refractivity contribution is -0.121. The molecule has 0 N–H and O–H groups in total. The van der Waals surface area contributed by atoms with Crippen molar-refractivity contribution in [3.63, 3.8) is 0 Å². The molecule has 1 atom stereocenters. The highest BCUT2D eigenvalue weighted by molar-refractivity contribution is 5.84. The van der Waals surface area contributed by atoms with Crippen LogP contribution in [0.25, 0.3) is 0 Å². The lowest BCUT2D eigenvalue weighted by atomic mass is 9.98. The zero-order valence-electron chi connectivity index (χ0n) is 9.05. The molecule has 2 nitrogen and oxygen atoms in total. The van der Waals surface area contributed by atoms with Crippen LogP contribution in [-0.4, -0.2) is 11.6 Å². The molecule has 0 aliphatic heterocycles. The summed E-state index contributed by atoms with van der Waals surface area (Å²) in [6, 6.07) is 0. The number of Topliss-reactive ketones (excluding diaryl/α,β-unsaturated/α-hetero) is 2. The summed E-state index contributed by atoms with van der Waals surface area (Å²) >= 11 is 0. The van der Waals surface area contributed by atoms with Crippen LogP contribution in [0.3, 0.4) is 0 Å². The lowest BCUT2D eigenvalue weighted by Crippen LogP contribution is -2.09. The van der Waals surface area contributed by atoms with Crippen LogP contribution in [0.15, 0.2) is 0 Å². The third kappa shape index (κ3) is 3.60. The Hall–Kier alpha value is -0.660. The van der Waals surface area contributed by atoms with Crippen molar-refractivity contribution in [3.8, 4) is 0 Å². The van der Waals surface area contributed by atoms with Gasteiger partial charge < -0.3 is 0 Å². The maximum atomic E-state index is 11.4. The smallest absolute Gasteiger partial charge is 0.135 e. The molecule has 0 heterocycles. The quantitative estimate of drug-likeness (QED) is 0.654. The van der Waals surface area contributed by atoms with Crippen LogP contribution in [0.1, 0.15) is 58.3 Å². The fraction of sp³-hybridized carbons (Fsp3) is 0.833. The summed E-state index contributed by atoms with van der Waals surface area (Å²) in [5.74, 6) is 0.931. The van der Waals surface area contributed by atoms with E-state index in [-0.39, 0.29) is 5.92 Å². The Kier molecular flexibility index (Phi) is 4.85. The van der Waals surface area contributed by atoms with E-state index in [1.165, 1.54) is 0 Å². The van der Waals surface area contributed by atoms with Gasteiger partial charge in [0, 0.05) is 25.2 Å². The topological polar surface area (TPSA) is 34.1 Å². The van der Waals surface area contributed by atoms with Crippen molar-refractivity contribution in [1.82, 2.24) is 0 Å². The molecular formula is C12H20O2. The van der Waals surface area contributed by atoms with Gasteiger partial charge in [-0.2, -0.15) is 0 Å². The number of rotatable bonds is 6. The molecule has 0 aromatic rings. The van der Waals surface area contributed by atoms with E-state index in [9.17, 15) is 9.59 Å². The molecule has 1 aliphatic carbocycles. The monoisotopic (exact) mass is 196 g/mol. The van der Waals surface area contributed by atoms with Gasteiger partial charge in [-0.3, -0.25) is 9.59 Å². The van der Waals surface area contributed by atoms with Crippen LogP contribution in [-0.2, 0) is 9.59 Å². The van der Waals surface area contributed by atoms with E-state index in [1.54, 1.807) is 0 Å². The first kappa shape index (κ1) is 11.4. The second-order valence-electron chi connectivity index (χ2n) is 4.24. The number of hydrogen-bond acceptors (Lipinski definition) is 2. The molecular weight excluding hydrogens is 176 g/mol. The molecule has 1 fully saturated rings. The molecule has 1 unspecified atom stereocenters. The molecule has 2 heteroatoms. The second-order valence-corrected chi connectivity index (χ2v) is 4.24. The largest absolute Gasteiger partial charge is 0.300 e. The molecule has 0 aromatic heterocycles. The van der Waals surface area contributed by atoms with Gasteiger partial charge in [0.05, 0.1) is 0 Å². The Bertz CT molecular complexity index is 208. The van der Waals surface area contributed by atoms with E-state index in [0.717, 1.165) is 38.5 Å². The zero-order chi connectivity index (χ0) is 10.4. The standard InChI is InChI=1S/C12H20O2/c1-2-3-6-11(13)9-8-10-5-4-7-12(10)14/h10H,2-9H2,1H3. The van der Waals surface area contributed by atoms with Gasteiger partial charge in [-0.25, -0.2) is 0 Å². The molecule has 1 rings (SSSR count). The minimum atomic E-state index is 0.209. The maximum absolute atomic E-state index is 11.4. The Morgan fingerprint density at radius 2 is 2.21 bits per heavy atom. The van der Waals surface area contributed by atoms with Crippen molar-refractivity contribution in [3.05, 3.63) is 0 Å². The van der Waals surface area contributed by atoms with Crippen molar-refractivity contribution in [2.75, 3.05) is 0 Å². The van der Waals surface area contributed by atoms with E-state index in [0.29, 0.717) is 24.4 Å². The summed E-state index contributed by atoms with van der Waals surface area (Å²) in [6.07, 6.45) is 7.00. The third-order valence-electron chi connectivity index (χ3n) is 3.01. The van der Waals surface area contributed by atoms with Crippen molar-refractivity contribution in [1.29, 1.82) is 0 Å². The number of carbonyl (C=O) groups excluding carboxylic acids is 2. The predicted octanol–water partition coefficient (Wildman–Crippen LogP) is 2.90. The van der Waals surface area contributed by atoms with E-state index < -0.39 is 0 Å². The average Bonchev–Trinajstić information content (AvgIpc) is 2.58. The van der Waals surface area contributed by atoms with Crippen molar-refractivity contribution in [2.24, 2.45) is 5.92 Å². The summed E-state index contributed by atoms with van der Waals surface area (Å²) in [4.78, 5) is 22.6. The summed E-state index contributed by atoms with van der Waals surface area (Å²) in [6.45, 7) is 2.09. The van der Waals surface area contributed by atoms with Crippen LogP contribution < -0.4 is 0 Å². The summed E-state index contributed by atoms with van der Waals surface area (Å²) in [5.41, 5.74) is 0. The van der Waals surface area contributed by atoms with E-state index in [1.807, 2.05) is 0 Å². The zero-order valence-corrected chi connectivity index (χ0v) is 9.05. The third-order valence-corrected chi connectivity index (χ3v) is 3.01. The predicted molar refractivity (Wildman–Crippen MR) is 56.1 cm³/mol. The highest BCUT2D eigenvalue weighted by Crippen LogP contribution is 2.25. The minimum Gasteiger partial charge on any atom is -0.300 e. The van der Waals surface area contributed by atoms with Gasteiger partial charge in [0.2, 0.25) is 0 Å². The van der Waals surface area contributed by atoms with Crippen molar-refractivity contribution >= 4 is 11.6 Å². The number of carbonyl (C=O) groups is 2. The van der Waals surface area contributed by atoms with E-state index >= 15 is 0 Å². The van der Waals surface area contributed by atoms with Gasteiger partial charge >= 0.3 is 0 Å². The van der Waals surface area contributed by atoms with E-state index in [4.69, 9.17) is 0 Å². The molecule has 0 bridgehead atoms. The number of unbranched alkanes of at least 4 members (excludes halogenated alkanes) is 1. The normalized spacial score (nSPS) is 21.5. The van der Waals surface area contributed by atoms with Gasteiger partial charge in [-0.15, -0.1) is 0 Å². The Morgan fingerprint density at radius 1 is 1.43 bits per heavy atom. The Balaban J connectivity index is 2.13. The molecule has 1 aliphatic rings. The number of hydrogen-bond donors (Lipinski definition) is 0. The second kappa shape index (κ2) is 5.94. The van der Waals surface area contributed by atoms with Crippen molar-refractivity contribution in [2.45, 2.75) is 58.3 Å². The lowest BCUT2D eigenvalue weighted by Gasteiger charge is -2.06. The van der Waals surface area contributed by atoms with Gasteiger partial charge in [-0.05, 0) is 25.7 Å². The van der Waals surface area contributed by atoms with Gasteiger partial charge in [0.1, 0.15) is 11.6 Å². The first-order chi connectivity index (χ1) is 6.74. The SMILES string of the molecule is CCCCC(=O)CCC1CCCC1=O. The van der Waals surface area contributed by atoms with Crippen LogP contribution in [0.2, 0.25) is 0 Å². The Labute approximate surface area is 86.1 Å². The first-order valence-electron chi connectivity index (χ1n) is 5.78. The molecule has 1 saturated carbocycles. The molecule has 80 valence electrons. The number of ketones is 2. The summed E-state index contributed by atoms with van der Waals surface area (Å²) < 4.78 is 0. The molecule has 0 saturated heterocycles. The maximum Gasteiger partial charge on any atom is 0.135 e. The van der Waals surface area contributed by atoms with Crippen LogP contribution in [0.5, 0.6) is 0 Å². The first-order valence-corrected chi connectivity index (χ1v) is 5.78. The molecule has 0 spiro atoms. The van der Waals surface area contributed by atoms with E-state index in [2.05, 4.69) is 6.92 Å². The minimum absolute atomic E-state index is 0.209. The highest BCUT2D eigenvalue weighted by atomic mass is 16.1. The van der Waals surface area contributed by atoms with Crippen LogP contribution in [0, 0.1) is 5.92 Å². The molecule has 14 heavy (non-hydrogen) atoms. The van der Waals surface area contributed by atoms with Gasteiger partial charge in [0.25, 0.3) is 0 Å². The summed E-state index contributed by atoms with van der Waals surface area (Å²) in [5, 5.41) is 0. The molecule has 0 amide bonds.